The molecule has 0 bridgehead atoms. The van der Waals surface area contributed by atoms with Crippen molar-refractivity contribution in [1.82, 2.24) is 14.5 Å². The number of nitrogens with zero attached hydrogens (tertiary/aromatic N) is 2. The van der Waals surface area contributed by atoms with Gasteiger partial charge in [0.1, 0.15) is 0 Å². The van der Waals surface area contributed by atoms with Gasteiger partial charge >= 0.3 is 0 Å². The first-order valence-electron chi connectivity index (χ1n) is 9.58. The molecular formula is C22H25N3O3S. The number of sulfonamides is 1. The van der Waals surface area contributed by atoms with Crippen LogP contribution in [0.5, 0.6) is 0 Å². The van der Waals surface area contributed by atoms with Crippen molar-refractivity contribution in [3.8, 4) is 12.3 Å². The van der Waals surface area contributed by atoms with E-state index in [9.17, 15) is 13.2 Å². The number of terminal acetylenes is 1. The topological polar surface area (TPSA) is 69.7 Å². The molecular weight excluding hydrogens is 386 g/mol. The fourth-order valence-electron chi connectivity index (χ4n) is 3.37. The fraction of sp³-hybridized carbons (Fsp3) is 0.318. The molecule has 0 aliphatic carbocycles. The number of amides is 1. The molecule has 1 saturated heterocycles. The van der Waals surface area contributed by atoms with E-state index in [1.54, 1.807) is 17.0 Å². The first-order chi connectivity index (χ1) is 14.0. The number of nitrogens with one attached hydrogen (secondary N) is 1. The maximum atomic E-state index is 13.0. The maximum Gasteiger partial charge on any atom is 0.253 e. The molecule has 2 aromatic carbocycles. The van der Waals surface area contributed by atoms with Crippen molar-refractivity contribution in [2.24, 2.45) is 0 Å². The fourth-order valence-corrected chi connectivity index (χ4v) is 4.35. The normalized spacial score (nSPS) is 15.5. The highest BCUT2D eigenvalue weighted by Crippen LogP contribution is 2.15. The number of hydrogen-bond donors (Lipinski definition) is 1. The monoisotopic (exact) mass is 411 g/mol. The molecule has 1 fully saturated rings. The van der Waals surface area contributed by atoms with Gasteiger partial charge < -0.3 is 4.90 Å². The Kier molecular flexibility index (Phi) is 7.04. The molecule has 1 aliphatic heterocycles. The smallest absolute Gasteiger partial charge is 0.253 e. The van der Waals surface area contributed by atoms with Gasteiger partial charge in [-0.3, -0.25) is 9.69 Å². The largest absolute Gasteiger partial charge is 0.337 e. The lowest BCUT2D eigenvalue weighted by molar-refractivity contribution is 0.0761. The third-order valence-electron chi connectivity index (χ3n) is 4.88. The van der Waals surface area contributed by atoms with Crippen molar-refractivity contribution in [2.75, 3.05) is 32.7 Å². The van der Waals surface area contributed by atoms with E-state index < -0.39 is 10.0 Å². The van der Waals surface area contributed by atoms with E-state index in [1.807, 2.05) is 18.2 Å². The highest BCUT2D eigenvalue weighted by molar-refractivity contribution is 7.89. The first kappa shape index (κ1) is 21.1. The summed E-state index contributed by atoms with van der Waals surface area (Å²) in [6.07, 6.45) is 6.00. The van der Waals surface area contributed by atoms with Crippen LogP contribution >= 0.6 is 0 Å². The van der Waals surface area contributed by atoms with E-state index in [2.05, 4.69) is 27.7 Å². The standard InChI is InChI=1S/C22H25N3O3S/c1-2-12-23-29(27,28)21-11-6-10-20(17-21)22(26)25-14-7-13-24(15-16-25)18-19-8-4-3-5-9-19/h1,3-6,8-11,17,23H,7,12-16,18H2. The summed E-state index contributed by atoms with van der Waals surface area (Å²) < 4.78 is 26.9. The molecule has 0 saturated carbocycles. The summed E-state index contributed by atoms with van der Waals surface area (Å²) in [5.41, 5.74) is 1.62. The molecule has 0 atom stereocenters. The Morgan fingerprint density at radius 3 is 2.59 bits per heavy atom. The quantitative estimate of drug-likeness (QED) is 0.738. The van der Waals surface area contributed by atoms with Gasteiger partial charge in [0.2, 0.25) is 10.0 Å². The molecule has 1 amide bonds. The summed E-state index contributed by atoms with van der Waals surface area (Å²) in [5.74, 6) is 2.09. The molecule has 3 rings (SSSR count). The highest BCUT2D eigenvalue weighted by atomic mass is 32.2. The van der Waals surface area contributed by atoms with Gasteiger partial charge in [-0.2, -0.15) is 4.72 Å². The number of rotatable bonds is 6. The predicted molar refractivity (Wildman–Crippen MR) is 113 cm³/mol. The lowest BCUT2D eigenvalue weighted by Gasteiger charge is -2.22. The molecule has 0 radical (unpaired) electrons. The summed E-state index contributed by atoms with van der Waals surface area (Å²) >= 11 is 0. The van der Waals surface area contributed by atoms with Gasteiger partial charge in [-0.15, -0.1) is 6.42 Å². The zero-order chi connectivity index (χ0) is 20.7. The van der Waals surface area contributed by atoms with Gasteiger partial charge in [-0.05, 0) is 30.2 Å². The van der Waals surface area contributed by atoms with Crippen LogP contribution < -0.4 is 4.72 Å². The Hall–Kier alpha value is -2.66. The predicted octanol–water partition coefficient (Wildman–Crippen LogP) is 1.95. The lowest BCUT2D eigenvalue weighted by atomic mass is 10.2. The Morgan fingerprint density at radius 2 is 1.83 bits per heavy atom. The maximum absolute atomic E-state index is 13.0. The van der Waals surface area contributed by atoms with Crippen LogP contribution in [0.25, 0.3) is 0 Å². The second-order valence-corrected chi connectivity index (χ2v) is 8.73. The van der Waals surface area contributed by atoms with Crippen LogP contribution in [0.1, 0.15) is 22.3 Å². The van der Waals surface area contributed by atoms with Crippen molar-refractivity contribution >= 4 is 15.9 Å². The number of benzene rings is 2. The molecule has 0 spiro atoms. The van der Waals surface area contributed by atoms with Gasteiger partial charge in [0.05, 0.1) is 11.4 Å². The molecule has 1 N–H and O–H groups in total. The van der Waals surface area contributed by atoms with Gasteiger partial charge in [0.15, 0.2) is 0 Å². The van der Waals surface area contributed by atoms with Crippen molar-refractivity contribution in [3.05, 3.63) is 65.7 Å². The van der Waals surface area contributed by atoms with Gasteiger partial charge in [0.25, 0.3) is 5.91 Å². The molecule has 7 heteroatoms. The van der Waals surface area contributed by atoms with Crippen LogP contribution in [0, 0.1) is 12.3 Å². The van der Waals surface area contributed by atoms with Crippen molar-refractivity contribution in [3.63, 3.8) is 0 Å². The Bertz CT molecular complexity index is 984. The zero-order valence-electron chi connectivity index (χ0n) is 16.3. The summed E-state index contributed by atoms with van der Waals surface area (Å²) in [6.45, 7) is 3.72. The lowest BCUT2D eigenvalue weighted by Crippen LogP contribution is -2.35. The van der Waals surface area contributed by atoms with E-state index in [0.717, 1.165) is 26.1 Å². The summed E-state index contributed by atoms with van der Waals surface area (Å²) in [4.78, 5) is 17.1. The van der Waals surface area contributed by atoms with E-state index in [-0.39, 0.29) is 17.3 Å². The van der Waals surface area contributed by atoms with Crippen LogP contribution in [0.2, 0.25) is 0 Å². The summed E-state index contributed by atoms with van der Waals surface area (Å²) in [7, 11) is -3.73. The van der Waals surface area contributed by atoms with Crippen molar-refractivity contribution in [1.29, 1.82) is 0 Å². The molecule has 0 aromatic heterocycles. The molecule has 1 aliphatic rings. The molecule has 2 aromatic rings. The van der Waals surface area contributed by atoms with Crippen molar-refractivity contribution in [2.45, 2.75) is 17.9 Å². The van der Waals surface area contributed by atoms with E-state index in [4.69, 9.17) is 6.42 Å². The highest BCUT2D eigenvalue weighted by Gasteiger charge is 2.22. The van der Waals surface area contributed by atoms with Crippen LogP contribution in [0.15, 0.2) is 59.5 Å². The number of carbonyl (C=O) groups is 1. The van der Waals surface area contributed by atoms with Crippen molar-refractivity contribution < 1.29 is 13.2 Å². The molecule has 152 valence electrons. The molecule has 6 nitrogen and oxygen atoms in total. The van der Waals surface area contributed by atoms with Gasteiger partial charge in [-0.25, -0.2) is 8.42 Å². The van der Waals surface area contributed by atoms with E-state index >= 15 is 0 Å². The van der Waals surface area contributed by atoms with Crippen LogP contribution in [0.3, 0.4) is 0 Å². The first-order valence-corrected chi connectivity index (χ1v) is 11.1. The average Bonchev–Trinajstić information content (AvgIpc) is 2.98. The van der Waals surface area contributed by atoms with Crippen LogP contribution in [-0.4, -0.2) is 56.8 Å². The minimum Gasteiger partial charge on any atom is -0.337 e. The molecule has 1 heterocycles. The number of carbonyl (C=O) groups excluding carboxylic acids is 1. The SMILES string of the molecule is C#CCNS(=O)(=O)c1cccc(C(=O)N2CCCN(Cc3ccccc3)CC2)c1. The number of hydrogen-bond acceptors (Lipinski definition) is 4. The third kappa shape index (κ3) is 5.67. The van der Waals surface area contributed by atoms with E-state index in [0.29, 0.717) is 18.7 Å². The average molecular weight is 412 g/mol. The summed E-state index contributed by atoms with van der Waals surface area (Å²) in [6, 6.07) is 16.4. The van der Waals surface area contributed by atoms with Crippen LogP contribution in [0.4, 0.5) is 0 Å². The van der Waals surface area contributed by atoms with Gasteiger partial charge in [0, 0.05) is 38.3 Å². The zero-order valence-corrected chi connectivity index (χ0v) is 17.1. The second-order valence-electron chi connectivity index (χ2n) is 6.96. The minimum absolute atomic E-state index is 0.0409. The molecule has 0 unspecified atom stereocenters. The molecule has 29 heavy (non-hydrogen) atoms. The second kappa shape index (κ2) is 9.70. The Balaban J connectivity index is 1.66. The minimum atomic E-state index is -3.73. The van der Waals surface area contributed by atoms with E-state index in [1.165, 1.54) is 17.7 Å². The van der Waals surface area contributed by atoms with Crippen LogP contribution in [-0.2, 0) is 16.6 Å². The summed E-state index contributed by atoms with van der Waals surface area (Å²) in [5, 5.41) is 0. The third-order valence-corrected chi connectivity index (χ3v) is 6.28. The Morgan fingerprint density at radius 1 is 1.03 bits per heavy atom. The van der Waals surface area contributed by atoms with Gasteiger partial charge in [-0.1, -0.05) is 42.3 Å². The Labute approximate surface area is 172 Å².